The second-order valence-corrected chi connectivity index (χ2v) is 6.30. The molecule has 0 N–H and O–H groups in total. The fourth-order valence-corrected chi connectivity index (χ4v) is 2.29. The monoisotopic (exact) mass is 362 g/mol. The van der Waals surface area contributed by atoms with Gasteiger partial charge in [-0.25, -0.2) is 0 Å². The van der Waals surface area contributed by atoms with Gasteiger partial charge in [0.1, 0.15) is 5.75 Å². The van der Waals surface area contributed by atoms with Crippen LogP contribution in [0.25, 0.3) is 0 Å². The largest absolute Gasteiger partial charge is 1.00 e. The van der Waals surface area contributed by atoms with Crippen molar-refractivity contribution in [1.29, 1.82) is 0 Å². The number of unbranched alkanes of at least 4 members (excludes halogenated alkanes) is 6. The summed E-state index contributed by atoms with van der Waals surface area (Å²) in [5.41, 5.74) is 1.22. The second kappa shape index (κ2) is 13.6. The van der Waals surface area contributed by atoms with Crippen LogP contribution in [-0.2, 0) is 21.0 Å². The molecule has 0 bridgehead atoms. The van der Waals surface area contributed by atoms with Crippen LogP contribution in [0.1, 0.15) is 57.4 Å². The van der Waals surface area contributed by atoms with Gasteiger partial charge in [-0.15, -0.1) is 0 Å². The van der Waals surface area contributed by atoms with Crippen LogP contribution in [0.2, 0.25) is 0 Å². The molecule has 7 heteroatoms. The van der Waals surface area contributed by atoms with E-state index in [-0.39, 0.29) is 29.6 Å². The molecule has 24 heavy (non-hydrogen) atoms. The van der Waals surface area contributed by atoms with E-state index in [0.29, 0.717) is 5.75 Å². The third-order valence-corrected chi connectivity index (χ3v) is 3.63. The van der Waals surface area contributed by atoms with Gasteiger partial charge in [-0.2, -0.15) is 8.42 Å². The number of aryl methyl sites for hydroxylation is 1. The van der Waals surface area contributed by atoms with Crippen LogP contribution < -0.4 is 34.3 Å². The summed E-state index contributed by atoms with van der Waals surface area (Å²) in [7, 11) is -4.81. The van der Waals surface area contributed by atoms with Crippen LogP contribution >= 0.6 is 0 Å². The van der Waals surface area contributed by atoms with E-state index in [1.165, 1.54) is 50.5 Å². The Labute approximate surface area is 167 Å². The zero-order chi connectivity index (χ0) is 17.0. The van der Waals surface area contributed by atoms with Crippen LogP contribution in [-0.4, -0.2) is 13.0 Å². The fourth-order valence-electron chi connectivity index (χ4n) is 2.16. The maximum atomic E-state index is 10.2. The molecule has 0 saturated carbocycles. The number of hydrogen-bond acceptors (Lipinski definition) is 5. The number of rotatable bonds is 10. The number of hydrogen-bond donors (Lipinski definition) is 0. The SMILES string of the molecule is CCCCCCCCCc1ccc(OC#COS(=O)(=O)[O-])cc1.[Na+]. The predicted octanol–water partition coefficient (Wildman–Crippen LogP) is 0.758. The maximum Gasteiger partial charge on any atom is 1.00 e. The Balaban J connectivity index is 0.00000529. The van der Waals surface area contributed by atoms with Crippen molar-refractivity contribution in [2.24, 2.45) is 0 Å². The summed E-state index contributed by atoms with van der Waals surface area (Å²) in [4.78, 5) is 0. The van der Waals surface area contributed by atoms with E-state index >= 15 is 0 Å². The smallest absolute Gasteiger partial charge is 0.715 e. The molecule has 0 saturated heterocycles. The Kier molecular flexibility index (Phi) is 13.2. The normalized spacial score (nSPS) is 10.2. The molecular formula is C17H23NaO5S. The quantitative estimate of drug-likeness (QED) is 0.202. The molecule has 0 heterocycles. The van der Waals surface area contributed by atoms with Gasteiger partial charge in [0.05, 0.1) is 0 Å². The average Bonchev–Trinajstić information content (AvgIpc) is 2.51. The predicted molar refractivity (Wildman–Crippen MR) is 87.3 cm³/mol. The summed E-state index contributed by atoms with van der Waals surface area (Å²) >= 11 is 0. The molecule has 0 aliphatic rings. The first-order valence-corrected chi connectivity index (χ1v) is 9.24. The van der Waals surface area contributed by atoms with Crippen LogP contribution in [0.5, 0.6) is 5.75 Å². The molecule has 0 atom stereocenters. The van der Waals surface area contributed by atoms with Gasteiger partial charge in [0.2, 0.25) is 0 Å². The summed E-state index contributed by atoms with van der Waals surface area (Å²) in [6.45, 7) is 2.22. The van der Waals surface area contributed by atoms with Crippen molar-refractivity contribution in [2.75, 3.05) is 0 Å². The minimum atomic E-state index is -4.81. The summed E-state index contributed by atoms with van der Waals surface area (Å²) in [5, 5.41) is 0. The van der Waals surface area contributed by atoms with Gasteiger partial charge < -0.3 is 13.5 Å². The van der Waals surface area contributed by atoms with E-state index in [4.69, 9.17) is 4.74 Å². The number of ether oxygens (including phenoxy) is 1. The van der Waals surface area contributed by atoms with Crippen molar-refractivity contribution >= 4 is 10.4 Å². The van der Waals surface area contributed by atoms with Gasteiger partial charge >= 0.3 is 29.6 Å². The van der Waals surface area contributed by atoms with E-state index in [1.54, 1.807) is 18.2 Å². The first kappa shape index (κ1) is 23.3. The van der Waals surface area contributed by atoms with Crippen molar-refractivity contribution < 1.29 is 51.4 Å². The standard InChI is InChI=1S/C17H24O5S.Na/c1-2-3-4-5-6-7-8-9-16-10-12-17(13-11-16)21-14-15-22-23(18,19)20;/h10-13H,2-9H2,1H3,(H,18,19,20);/q;+1/p-1. The van der Waals surface area contributed by atoms with Crippen molar-refractivity contribution in [3.8, 4) is 18.0 Å². The summed E-state index contributed by atoms with van der Waals surface area (Å²) in [6, 6.07) is 7.38. The Bertz CT molecular complexity index is 602. The molecule has 1 aromatic rings. The van der Waals surface area contributed by atoms with Gasteiger partial charge in [-0.3, -0.25) is 0 Å². The van der Waals surface area contributed by atoms with Crippen molar-refractivity contribution in [3.63, 3.8) is 0 Å². The first-order valence-electron chi connectivity index (χ1n) is 7.91. The molecule has 0 aliphatic carbocycles. The van der Waals surface area contributed by atoms with Crippen LogP contribution in [0.4, 0.5) is 0 Å². The van der Waals surface area contributed by atoms with Crippen molar-refractivity contribution in [1.82, 2.24) is 0 Å². The van der Waals surface area contributed by atoms with Gasteiger partial charge in [-0.1, -0.05) is 57.6 Å². The third-order valence-electron chi connectivity index (χ3n) is 3.35. The van der Waals surface area contributed by atoms with Gasteiger partial charge in [-0.05, 0) is 30.5 Å². The van der Waals surface area contributed by atoms with E-state index < -0.39 is 10.4 Å². The van der Waals surface area contributed by atoms with Crippen molar-refractivity contribution in [2.45, 2.75) is 58.3 Å². The molecule has 0 aromatic heterocycles. The van der Waals surface area contributed by atoms with E-state index in [2.05, 4.69) is 11.1 Å². The fraction of sp³-hybridized carbons (Fsp3) is 0.529. The minimum absolute atomic E-state index is 0. The summed E-state index contributed by atoms with van der Waals surface area (Å²) in [5.74, 6) is 0.465. The molecular weight excluding hydrogens is 339 g/mol. The molecule has 0 aliphatic heterocycles. The molecule has 5 nitrogen and oxygen atoms in total. The third kappa shape index (κ3) is 12.7. The van der Waals surface area contributed by atoms with Crippen LogP contribution in [0, 0.1) is 12.2 Å². The molecule has 0 radical (unpaired) electrons. The Morgan fingerprint density at radius 3 is 2.12 bits per heavy atom. The zero-order valence-corrected chi connectivity index (χ0v) is 17.2. The summed E-state index contributed by atoms with van der Waals surface area (Å²) in [6.07, 6.45) is 13.7. The summed E-state index contributed by atoms with van der Waals surface area (Å²) < 4.78 is 39.1. The van der Waals surface area contributed by atoms with E-state index in [0.717, 1.165) is 6.42 Å². The van der Waals surface area contributed by atoms with E-state index in [9.17, 15) is 13.0 Å². The topological polar surface area (TPSA) is 75.7 Å². The van der Waals surface area contributed by atoms with E-state index in [1.807, 2.05) is 18.2 Å². The Morgan fingerprint density at radius 1 is 0.958 bits per heavy atom. The average molecular weight is 362 g/mol. The Morgan fingerprint density at radius 2 is 1.54 bits per heavy atom. The molecule has 0 fully saturated rings. The maximum absolute atomic E-state index is 10.2. The number of benzene rings is 1. The molecule has 1 aromatic carbocycles. The molecule has 1 rings (SSSR count). The second-order valence-electron chi connectivity index (χ2n) is 5.31. The molecule has 128 valence electrons. The molecule has 0 unspecified atom stereocenters. The van der Waals surface area contributed by atoms with Crippen molar-refractivity contribution in [3.05, 3.63) is 29.8 Å². The zero-order valence-electron chi connectivity index (χ0n) is 14.4. The minimum Gasteiger partial charge on any atom is -0.715 e. The van der Waals surface area contributed by atoms with Gasteiger partial charge in [0.15, 0.2) is 12.2 Å². The van der Waals surface area contributed by atoms with Crippen LogP contribution in [0.3, 0.4) is 0 Å². The molecule has 0 spiro atoms. The van der Waals surface area contributed by atoms with Gasteiger partial charge in [0.25, 0.3) is 10.4 Å². The first-order chi connectivity index (χ1) is 11.0. The molecule has 0 amide bonds. The van der Waals surface area contributed by atoms with Gasteiger partial charge in [0, 0.05) is 0 Å². The van der Waals surface area contributed by atoms with Crippen LogP contribution in [0.15, 0.2) is 24.3 Å². The Hall–Kier alpha value is -0.710.